The minimum atomic E-state index is -3.33. The fourth-order valence-corrected chi connectivity index (χ4v) is 2.93. The van der Waals surface area contributed by atoms with Crippen LogP contribution in [0, 0.1) is 0 Å². The zero-order valence-corrected chi connectivity index (χ0v) is 12.5. The SMILES string of the molecule is COCC(O)CNCc1c(Cl)cccc1S(C)(=O)=O. The van der Waals surface area contributed by atoms with E-state index in [1.807, 2.05) is 0 Å². The molecule has 0 saturated heterocycles. The van der Waals surface area contributed by atoms with E-state index in [0.29, 0.717) is 17.1 Å². The topological polar surface area (TPSA) is 75.6 Å². The van der Waals surface area contributed by atoms with Crippen LogP contribution in [0.15, 0.2) is 23.1 Å². The van der Waals surface area contributed by atoms with Crippen molar-refractivity contribution in [1.82, 2.24) is 5.32 Å². The Morgan fingerprint density at radius 2 is 2.16 bits per heavy atom. The number of ether oxygens (including phenoxy) is 1. The highest BCUT2D eigenvalue weighted by Gasteiger charge is 2.15. The number of hydrogen-bond donors (Lipinski definition) is 2. The van der Waals surface area contributed by atoms with Gasteiger partial charge in [-0.2, -0.15) is 0 Å². The molecule has 0 bridgehead atoms. The van der Waals surface area contributed by atoms with E-state index in [2.05, 4.69) is 5.32 Å². The first-order valence-electron chi connectivity index (χ1n) is 5.71. The lowest BCUT2D eigenvalue weighted by atomic mass is 10.2. The Morgan fingerprint density at radius 1 is 1.47 bits per heavy atom. The molecule has 0 aromatic heterocycles. The van der Waals surface area contributed by atoms with Crippen LogP contribution < -0.4 is 5.32 Å². The second-order valence-electron chi connectivity index (χ2n) is 4.23. The molecule has 1 unspecified atom stereocenters. The number of rotatable bonds is 7. The zero-order chi connectivity index (χ0) is 14.5. The lowest BCUT2D eigenvalue weighted by molar-refractivity contribution is 0.0644. The monoisotopic (exact) mass is 307 g/mol. The lowest BCUT2D eigenvalue weighted by Gasteiger charge is -2.13. The molecule has 0 radical (unpaired) electrons. The van der Waals surface area contributed by atoms with Crippen molar-refractivity contribution in [3.05, 3.63) is 28.8 Å². The van der Waals surface area contributed by atoms with Gasteiger partial charge in [-0.1, -0.05) is 17.7 Å². The highest BCUT2D eigenvalue weighted by atomic mass is 35.5. The molecule has 1 aromatic rings. The number of halogens is 1. The van der Waals surface area contributed by atoms with Crippen molar-refractivity contribution < 1.29 is 18.3 Å². The van der Waals surface area contributed by atoms with Crippen LogP contribution in [-0.4, -0.2) is 46.1 Å². The quantitative estimate of drug-likeness (QED) is 0.781. The van der Waals surface area contributed by atoms with Crippen LogP contribution in [0.2, 0.25) is 5.02 Å². The Bertz CT molecular complexity index is 518. The number of hydrogen-bond acceptors (Lipinski definition) is 5. The van der Waals surface area contributed by atoms with Gasteiger partial charge < -0.3 is 15.2 Å². The molecule has 5 nitrogen and oxygen atoms in total. The van der Waals surface area contributed by atoms with Gasteiger partial charge >= 0.3 is 0 Å². The summed E-state index contributed by atoms with van der Waals surface area (Å²) in [6, 6.07) is 4.75. The van der Waals surface area contributed by atoms with Crippen molar-refractivity contribution in [1.29, 1.82) is 0 Å². The molecule has 19 heavy (non-hydrogen) atoms. The fourth-order valence-electron chi connectivity index (χ4n) is 1.67. The van der Waals surface area contributed by atoms with Gasteiger partial charge in [-0.05, 0) is 12.1 Å². The number of aliphatic hydroxyl groups is 1. The molecule has 0 aliphatic carbocycles. The van der Waals surface area contributed by atoms with Gasteiger partial charge in [0.25, 0.3) is 0 Å². The smallest absolute Gasteiger partial charge is 0.175 e. The van der Waals surface area contributed by atoms with Gasteiger partial charge in [-0.15, -0.1) is 0 Å². The predicted octanol–water partition coefficient (Wildman–Crippen LogP) is 0.840. The molecule has 0 aliphatic heterocycles. The van der Waals surface area contributed by atoms with E-state index >= 15 is 0 Å². The van der Waals surface area contributed by atoms with Crippen LogP contribution in [0.3, 0.4) is 0 Å². The van der Waals surface area contributed by atoms with E-state index in [-0.39, 0.29) is 18.0 Å². The third-order valence-corrected chi connectivity index (χ3v) is 4.05. The average molecular weight is 308 g/mol. The summed E-state index contributed by atoms with van der Waals surface area (Å²) in [6.45, 7) is 0.777. The summed E-state index contributed by atoms with van der Waals surface area (Å²) in [7, 11) is -1.83. The molecule has 7 heteroatoms. The Morgan fingerprint density at radius 3 is 2.74 bits per heavy atom. The maximum atomic E-state index is 11.6. The molecule has 0 heterocycles. The van der Waals surface area contributed by atoms with Gasteiger partial charge in [0, 0.05) is 37.0 Å². The van der Waals surface area contributed by atoms with Gasteiger partial charge in [0.15, 0.2) is 9.84 Å². The summed E-state index contributed by atoms with van der Waals surface area (Å²) < 4.78 is 28.1. The van der Waals surface area contributed by atoms with Crippen LogP contribution in [0.25, 0.3) is 0 Å². The average Bonchev–Trinajstić information content (AvgIpc) is 2.30. The summed E-state index contributed by atoms with van der Waals surface area (Å²) in [5, 5.41) is 12.8. The molecule has 0 fully saturated rings. The Kier molecular flexibility index (Phi) is 6.22. The van der Waals surface area contributed by atoms with Crippen LogP contribution in [0.5, 0.6) is 0 Å². The molecule has 1 aromatic carbocycles. The first-order valence-corrected chi connectivity index (χ1v) is 7.98. The van der Waals surface area contributed by atoms with E-state index in [1.54, 1.807) is 12.1 Å². The summed E-state index contributed by atoms with van der Waals surface area (Å²) in [5.74, 6) is 0. The number of nitrogens with one attached hydrogen (secondary N) is 1. The summed E-state index contributed by atoms with van der Waals surface area (Å²) in [5.41, 5.74) is 0.510. The molecule has 0 aliphatic rings. The predicted molar refractivity (Wildman–Crippen MR) is 74.2 cm³/mol. The Balaban J connectivity index is 2.78. The van der Waals surface area contributed by atoms with Gasteiger partial charge in [0.2, 0.25) is 0 Å². The summed E-state index contributed by atoms with van der Waals surface area (Å²) in [6.07, 6.45) is 0.497. The van der Waals surface area contributed by atoms with E-state index in [1.165, 1.54) is 13.2 Å². The summed E-state index contributed by atoms with van der Waals surface area (Å²) in [4.78, 5) is 0.203. The lowest BCUT2D eigenvalue weighted by Crippen LogP contribution is -2.30. The molecule has 0 amide bonds. The molecule has 0 saturated carbocycles. The number of sulfone groups is 1. The van der Waals surface area contributed by atoms with Crippen LogP contribution in [-0.2, 0) is 21.1 Å². The fraction of sp³-hybridized carbons (Fsp3) is 0.500. The Labute approximate surface area is 118 Å². The minimum absolute atomic E-state index is 0.203. The van der Waals surface area contributed by atoms with Gasteiger partial charge in [-0.25, -0.2) is 8.42 Å². The summed E-state index contributed by atoms with van der Waals surface area (Å²) >= 11 is 6.02. The van der Waals surface area contributed by atoms with Crippen molar-refractivity contribution in [3.8, 4) is 0 Å². The van der Waals surface area contributed by atoms with Crippen molar-refractivity contribution in [2.75, 3.05) is 26.5 Å². The Hall–Kier alpha value is -0.660. The van der Waals surface area contributed by atoms with Crippen molar-refractivity contribution in [2.45, 2.75) is 17.5 Å². The minimum Gasteiger partial charge on any atom is -0.389 e. The van der Waals surface area contributed by atoms with E-state index in [9.17, 15) is 13.5 Å². The third kappa shape index (κ3) is 5.08. The van der Waals surface area contributed by atoms with Gasteiger partial charge in [0.05, 0.1) is 17.6 Å². The van der Waals surface area contributed by atoms with E-state index in [4.69, 9.17) is 16.3 Å². The number of benzene rings is 1. The van der Waals surface area contributed by atoms with Gasteiger partial charge in [-0.3, -0.25) is 0 Å². The largest absolute Gasteiger partial charge is 0.389 e. The zero-order valence-electron chi connectivity index (χ0n) is 10.9. The van der Waals surface area contributed by atoms with Crippen LogP contribution in [0.1, 0.15) is 5.56 Å². The van der Waals surface area contributed by atoms with E-state index < -0.39 is 15.9 Å². The second-order valence-corrected chi connectivity index (χ2v) is 6.62. The van der Waals surface area contributed by atoms with Crippen LogP contribution >= 0.6 is 11.6 Å². The number of methoxy groups -OCH3 is 1. The highest BCUT2D eigenvalue weighted by Crippen LogP contribution is 2.23. The first kappa shape index (κ1) is 16.4. The molecule has 0 spiro atoms. The maximum absolute atomic E-state index is 11.6. The van der Waals surface area contributed by atoms with E-state index in [0.717, 1.165) is 6.26 Å². The normalized spacial score (nSPS) is 13.5. The maximum Gasteiger partial charge on any atom is 0.175 e. The van der Waals surface area contributed by atoms with Gasteiger partial charge in [0.1, 0.15) is 0 Å². The molecular weight excluding hydrogens is 290 g/mol. The molecule has 2 N–H and O–H groups in total. The molecule has 1 rings (SSSR count). The van der Waals surface area contributed by atoms with Crippen molar-refractivity contribution in [3.63, 3.8) is 0 Å². The van der Waals surface area contributed by atoms with Crippen molar-refractivity contribution in [2.24, 2.45) is 0 Å². The first-order chi connectivity index (χ1) is 8.86. The molecule has 1 atom stereocenters. The van der Waals surface area contributed by atoms with Crippen molar-refractivity contribution >= 4 is 21.4 Å². The molecule has 108 valence electrons. The third-order valence-electron chi connectivity index (χ3n) is 2.52. The number of aliphatic hydroxyl groups excluding tert-OH is 1. The highest BCUT2D eigenvalue weighted by molar-refractivity contribution is 7.90. The molecular formula is C12H18ClNO4S. The standard InChI is InChI=1S/C12H18ClNO4S/c1-18-8-9(15)6-14-7-10-11(13)4-3-5-12(10)19(2,16)17/h3-5,9,14-15H,6-8H2,1-2H3. The van der Waals surface area contributed by atoms with Crippen LogP contribution in [0.4, 0.5) is 0 Å². The second kappa shape index (κ2) is 7.21.